The van der Waals surface area contributed by atoms with E-state index in [1.54, 1.807) is 12.1 Å². The molecule has 3 heteroatoms. The summed E-state index contributed by atoms with van der Waals surface area (Å²) in [4.78, 5) is 0. The number of hydrogen-bond acceptors (Lipinski definition) is 2. The highest BCUT2D eigenvalue weighted by Gasteiger charge is 2.07. The molecular formula is C11H16ClNO. The molecule has 0 fully saturated rings. The van der Waals surface area contributed by atoms with Gasteiger partial charge in [0.25, 0.3) is 0 Å². The summed E-state index contributed by atoms with van der Waals surface area (Å²) in [5.74, 6) is 0.109. The number of nitrogens with two attached hydrogens (primary N) is 1. The summed E-state index contributed by atoms with van der Waals surface area (Å²) in [5.41, 5.74) is 6.95. The molecule has 0 aliphatic rings. The summed E-state index contributed by atoms with van der Waals surface area (Å²) in [7, 11) is 0. The van der Waals surface area contributed by atoms with Crippen LogP contribution in [0, 0.1) is 0 Å². The highest BCUT2D eigenvalue weighted by Crippen LogP contribution is 2.27. The second-order valence-electron chi connectivity index (χ2n) is 3.46. The van der Waals surface area contributed by atoms with Crippen LogP contribution in [0.25, 0.3) is 0 Å². The molecule has 1 rings (SSSR count). The molecule has 0 aromatic heterocycles. The maximum Gasteiger partial charge on any atom is 0.134 e. The van der Waals surface area contributed by atoms with Crippen molar-refractivity contribution in [2.24, 2.45) is 5.73 Å². The van der Waals surface area contributed by atoms with Crippen LogP contribution in [0.3, 0.4) is 0 Å². The van der Waals surface area contributed by atoms with E-state index in [-0.39, 0.29) is 11.8 Å². The first kappa shape index (κ1) is 11.3. The third kappa shape index (κ3) is 2.89. The largest absolute Gasteiger partial charge is 0.506 e. The Morgan fingerprint density at radius 1 is 1.50 bits per heavy atom. The molecule has 1 aromatic rings. The first-order valence-electron chi connectivity index (χ1n) is 4.89. The summed E-state index contributed by atoms with van der Waals surface area (Å²) >= 11 is 5.79. The molecule has 0 radical (unpaired) electrons. The summed E-state index contributed by atoms with van der Waals surface area (Å²) in [5, 5.41) is 9.60. The Morgan fingerprint density at radius 3 is 2.79 bits per heavy atom. The predicted octanol–water partition coefficient (Wildman–Crippen LogP) is 3.24. The Balaban J connectivity index is 2.70. The Labute approximate surface area is 89.7 Å². The third-order valence-electron chi connectivity index (χ3n) is 2.27. The first-order chi connectivity index (χ1) is 6.65. The number of phenols is 1. The molecule has 0 aliphatic carbocycles. The van der Waals surface area contributed by atoms with Crippen LogP contribution in [0.15, 0.2) is 18.2 Å². The Morgan fingerprint density at radius 2 is 2.21 bits per heavy atom. The van der Waals surface area contributed by atoms with Crippen LogP contribution in [-0.2, 0) is 0 Å². The van der Waals surface area contributed by atoms with E-state index in [1.807, 2.05) is 6.07 Å². The molecule has 1 aromatic carbocycles. The molecule has 0 spiro atoms. The second-order valence-corrected chi connectivity index (χ2v) is 3.87. The summed E-state index contributed by atoms with van der Waals surface area (Å²) in [6.45, 7) is 2.14. The lowest BCUT2D eigenvalue weighted by molar-refractivity contribution is 0.475. The van der Waals surface area contributed by atoms with E-state index in [4.69, 9.17) is 17.3 Å². The van der Waals surface area contributed by atoms with Gasteiger partial charge >= 0.3 is 0 Å². The van der Waals surface area contributed by atoms with E-state index in [1.165, 1.54) is 0 Å². The monoisotopic (exact) mass is 213 g/mol. The number of hydrogen-bond donors (Lipinski definition) is 2. The van der Waals surface area contributed by atoms with Gasteiger partial charge in [0.05, 0.1) is 5.02 Å². The van der Waals surface area contributed by atoms with E-state index >= 15 is 0 Å². The highest BCUT2D eigenvalue weighted by atomic mass is 35.5. The molecule has 0 aliphatic heterocycles. The Kier molecular flexibility index (Phi) is 4.23. The standard InChI is InChI=1S/C11H16ClNO/c1-2-3-4-10(13)8-5-6-11(14)9(12)7-8/h5-7,10,14H,2-4,13H2,1H3/t10-/m0/s1. The average molecular weight is 214 g/mol. The molecule has 2 nitrogen and oxygen atoms in total. The van der Waals surface area contributed by atoms with Crippen molar-refractivity contribution in [3.63, 3.8) is 0 Å². The maximum absolute atomic E-state index is 9.23. The third-order valence-corrected chi connectivity index (χ3v) is 2.57. The molecule has 0 heterocycles. The first-order valence-corrected chi connectivity index (χ1v) is 5.27. The number of phenolic OH excluding ortho intramolecular Hbond substituents is 1. The SMILES string of the molecule is CCCC[C@H](N)c1ccc(O)c(Cl)c1. The van der Waals surface area contributed by atoms with Gasteiger partial charge in [-0.2, -0.15) is 0 Å². The van der Waals surface area contributed by atoms with Crippen LogP contribution in [0.2, 0.25) is 5.02 Å². The molecule has 78 valence electrons. The zero-order valence-corrected chi connectivity index (χ0v) is 9.09. The average Bonchev–Trinajstić information content (AvgIpc) is 2.18. The van der Waals surface area contributed by atoms with Gasteiger partial charge in [0.15, 0.2) is 0 Å². The Hall–Kier alpha value is -0.730. The van der Waals surface area contributed by atoms with Crippen molar-refractivity contribution in [3.8, 4) is 5.75 Å². The van der Waals surface area contributed by atoms with E-state index in [9.17, 15) is 5.11 Å². The molecule has 0 amide bonds. The van der Waals surface area contributed by atoms with Crippen molar-refractivity contribution < 1.29 is 5.11 Å². The van der Waals surface area contributed by atoms with Gasteiger partial charge < -0.3 is 10.8 Å². The zero-order valence-electron chi connectivity index (χ0n) is 8.33. The van der Waals surface area contributed by atoms with Gasteiger partial charge in [-0.05, 0) is 24.1 Å². The Bertz CT molecular complexity index is 301. The fraction of sp³-hybridized carbons (Fsp3) is 0.455. The van der Waals surface area contributed by atoms with Gasteiger partial charge in [-0.1, -0.05) is 37.4 Å². The number of rotatable bonds is 4. The van der Waals surface area contributed by atoms with Crippen LogP contribution in [0.1, 0.15) is 37.8 Å². The van der Waals surface area contributed by atoms with E-state index in [0.717, 1.165) is 24.8 Å². The lowest BCUT2D eigenvalue weighted by atomic mass is 10.0. The van der Waals surface area contributed by atoms with E-state index in [0.29, 0.717) is 5.02 Å². The van der Waals surface area contributed by atoms with Gasteiger partial charge in [-0.25, -0.2) is 0 Å². The van der Waals surface area contributed by atoms with Gasteiger partial charge in [0, 0.05) is 6.04 Å². The smallest absolute Gasteiger partial charge is 0.134 e. The van der Waals surface area contributed by atoms with Crippen LogP contribution >= 0.6 is 11.6 Å². The quantitative estimate of drug-likeness (QED) is 0.807. The normalized spacial score (nSPS) is 12.8. The zero-order chi connectivity index (χ0) is 10.6. The summed E-state index contributed by atoms with van der Waals surface area (Å²) < 4.78 is 0. The van der Waals surface area contributed by atoms with Crippen LogP contribution in [0.4, 0.5) is 0 Å². The van der Waals surface area contributed by atoms with Crippen molar-refractivity contribution in [3.05, 3.63) is 28.8 Å². The fourth-order valence-electron chi connectivity index (χ4n) is 1.34. The lowest BCUT2D eigenvalue weighted by Crippen LogP contribution is -2.09. The van der Waals surface area contributed by atoms with Crippen molar-refractivity contribution in [1.29, 1.82) is 0 Å². The predicted molar refractivity (Wildman–Crippen MR) is 59.6 cm³/mol. The molecule has 14 heavy (non-hydrogen) atoms. The second kappa shape index (κ2) is 5.23. The topological polar surface area (TPSA) is 46.2 Å². The summed E-state index contributed by atoms with van der Waals surface area (Å²) in [6, 6.07) is 5.16. The maximum atomic E-state index is 9.23. The molecular weight excluding hydrogens is 198 g/mol. The van der Waals surface area contributed by atoms with Crippen molar-refractivity contribution >= 4 is 11.6 Å². The molecule has 1 atom stereocenters. The van der Waals surface area contributed by atoms with Crippen molar-refractivity contribution in [2.45, 2.75) is 32.2 Å². The molecule has 0 unspecified atom stereocenters. The van der Waals surface area contributed by atoms with E-state index < -0.39 is 0 Å². The van der Waals surface area contributed by atoms with Gasteiger partial charge in [0.2, 0.25) is 0 Å². The van der Waals surface area contributed by atoms with Gasteiger partial charge in [0.1, 0.15) is 5.75 Å². The molecule has 0 saturated carbocycles. The number of halogens is 1. The minimum absolute atomic E-state index is 0.0213. The molecule has 0 bridgehead atoms. The van der Waals surface area contributed by atoms with Gasteiger partial charge in [-0.3, -0.25) is 0 Å². The van der Waals surface area contributed by atoms with Crippen LogP contribution in [-0.4, -0.2) is 5.11 Å². The number of benzene rings is 1. The van der Waals surface area contributed by atoms with E-state index in [2.05, 4.69) is 6.92 Å². The highest BCUT2D eigenvalue weighted by molar-refractivity contribution is 6.32. The minimum Gasteiger partial charge on any atom is -0.506 e. The number of aromatic hydroxyl groups is 1. The van der Waals surface area contributed by atoms with Gasteiger partial charge in [-0.15, -0.1) is 0 Å². The fourth-order valence-corrected chi connectivity index (χ4v) is 1.53. The van der Waals surface area contributed by atoms with Crippen molar-refractivity contribution in [1.82, 2.24) is 0 Å². The number of unbranched alkanes of at least 4 members (excludes halogenated alkanes) is 1. The lowest BCUT2D eigenvalue weighted by Gasteiger charge is -2.11. The summed E-state index contributed by atoms with van der Waals surface area (Å²) in [6.07, 6.45) is 3.21. The minimum atomic E-state index is 0.0213. The van der Waals surface area contributed by atoms with Crippen LogP contribution < -0.4 is 5.73 Å². The van der Waals surface area contributed by atoms with Crippen molar-refractivity contribution in [2.75, 3.05) is 0 Å². The molecule has 0 saturated heterocycles. The molecule has 3 N–H and O–H groups in total. The van der Waals surface area contributed by atoms with Crippen LogP contribution in [0.5, 0.6) is 5.75 Å².